The Labute approximate surface area is 129 Å². The van der Waals surface area contributed by atoms with Gasteiger partial charge in [-0.05, 0) is 46.6 Å². The van der Waals surface area contributed by atoms with Gasteiger partial charge in [0.25, 0.3) is 0 Å². The third kappa shape index (κ3) is 1.78. The van der Waals surface area contributed by atoms with Crippen LogP contribution in [-0.2, 0) is 12.8 Å². The summed E-state index contributed by atoms with van der Waals surface area (Å²) in [6.45, 7) is 0. The van der Waals surface area contributed by atoms with E-state index in [1.54, 1.807) is 0 Å². The molecule has 0 saturated carbocycles. The molecule has 0 saturated heterocycles. The Morgan fingerprint density at radius 1 is 1.15 bits per heavy atom. The molecule has 0 bridgehead atoms. The van der Waals surface area contributed by atoms with Crippen molar-refractivity contribution in [3.05, 3.63) is 44.9 Å². The number of H-pyrrole nitrogens is 1. The van der Waals surface area contributed by atoms with Crippen LogP contribution in [0.1, 0.15) is 22.9 Å². The summed E-state index contributed by atoms with van der Waals surface area (Å²) >= 11 is 2.14. The Hall–Kier alpha value is -1.70. The van der Waals surface area contributed by atoms with Gasteiger partial charge in [0.15, 0.2) is 5.65 Å². The van der Waals surface area contributed by atoms with Gasteiger partial charge in [-0.1, -0.05) is 24.3 Å². The standard InChI is InChI=1S/C14H12IN5/c15-11-10-12(16)17-13(18-14(10)20-19-11)9-5-7-3-1-2-4-8(7)6-9/h1-4,9H,5-6H2,(H3,16,17,18,19,20). The first kappa shape index (κ1) is 12.1. The molecule has 0 spiro atoms. The van der Waals surface area contributed by atoms with E-state index in [0.29, 0.717) is 11.7 Å². The third-order valence-electron chi connectivity index (χ3n) is 3.84. The fourth-order valence-electron chi connectivity index (χ4n) is 2.86. The first-order valence-corrected chi connectivity index (χ1v) is 7.54. The first-order valence-electron chi connectivity index (χ1n) is 6.46. The van der Waals surface area contributed by atoms with E-state index < -0.39 is 0 Å². The normalized spacial score (nSPS) is 14.8. The average molecular weight is 377 g/mol. The highest BCUT2D eigenvalue weighted by Gasteiger charge is 2.26. The fourth-order valence-corrected chi connectivity index (χ4v) is 3.51. The van der Waals surface area contributed by atoms with Crippen LogP contribution in [0.2, 0.25) is 0 Å². The van der Waals surface area contributed by atoms with Gasteiger partial charge in [-0.15, -0.1) is 0 Å². The monoisotopic (exact) mass is 377 g/mol. The van der Waals surface area contributed by atoms with Crippen LogP contribution in [0.4, 0.5) is 5.82 Å². The largest absolute Gasteiger partial charge is 0.383 e. The highest BCUT2D eigenvalue weighted by Crippen LogP contribution is 2.33. The zero-order chi connectivity index (χ0) is 13.7. The quantitative estimate of drug-likeness (QED) is 0.639. The number of anilines is 1. The van der Waals surface area contributed by atoms with Crippen molar-refractivity contribution in [2.24, 2.45) is 0 Å². The van der Waals surface area contributed by atoms with Gasteiger partial charge in [0.2, 0.25) is 0 Å². The number of hydrogen-bond donors (Lipinski definition) is 2. The molecule has 0 amide bonds. The van der Waals surface area contributed by atoms with Crippen molar-refractivity contribution in [1.82, 2.24) is 20.2 Å². The van der Waals surface area contributed by atoms with Gasteiger partial charge in [0.05, 0.1) is 5.39 Å². The summed E-state index contributed by atoms with van der Waals surface area (Å²) < 4.78 is 0.816. The first-order chi connectivity index (χ1) is 9.72. The van der Waals surface area contributed by atoms with Crippen molar-refractivity contribution < 1.29 is 0 Å². The molecule has 0 fully saturated rings. The van der Waals surface area contributed by atoms with Crippen LogP contribution in [0.15, 0.2) is 24.3 Å². The van der Waals surface area contributed by atoms with Crippen molar-refractivity contribution in [1.29, 1.82) is 0 Å². The topological polar surface area (TPSA) is 80.5 Å². The van der Waals surface area contributed by atoms with Crippen LogP contribution >= 0.6 is 22.6 Å². The number of benzene rings is 1. The molecule has 2 heterocycles. The summed E-state index contributed by atoms with van der Waals surface area (Å²) in [6.07, 6.45) is 1.96. The minimum absolute atomic E-state index is 0.306. The Kier molecular flexibility index (Phi) is 2.66. The summed E-state index contributed by atoms with van der Waals surface area (Å²) in [6, 6.07) is 8.51. The lowest BCUT2D eigenvalue weighted by Gasteiger charge is -2.08. The molecule has 5 nitrogen and oxygen atoms in total. The van der Waals surface area contributed by atoms with E-state index in [0.717, 1.165) is 33.4 Å². The van der Waals surface area contributed by atoms with Crippen LogP contribution in [0, 0.1) is 3.70 Å². The lowest BCUT2D eigenvalue weighted by molar-refractivity contribution is 0.687. The fraction of sp³-hybridized carbons (Fsp3) is 0.214. The van der Waals surface area contributed by atoms with Crippen LogP contribution in [0.3, 0.4) is 0 Å². The number of nitrogens with two attached hydrogens (primary N) is 1. The van der Waals surface area contributed by atoms with Crippen LogP contribution in [-0.4, -0.2) is 20.2 Å². The number of rotatable bonds is 1. The number of nitrogen functional groups attached to an aromatic ring is 1. The summed E-state index contributed by atoms with van der Waals surface area (Å²) in [5.41, 5.74) is 9.56. The second-order valence-corrected chi connectivity index (χ2v) is 6.10. The molecule has 20 heavy (non-hydrogen) atoms. The SMILES string of the molecule is Nc1nc(C2Cc3ccccc3C2)nc2[nH]nc(I)c12. The smallest absolute Gasteiger partial charge is 0.162 e. The average Bonchev–Trinajstić information content (AvgIpc) is 3.02. The van der Waals surface area contributed by atoms with Gasteiger partial charge in [-0.25, -0.2) is 9.97 Å². The van der Waals surface area contributed by atoms with E-state index in [1.807, 2.05) is 0 Å². The maximum atomic E-state index is 6.06. The lowest BCUT2D eigenvalue weighted by Crippen LogP contribution is -2.07. The van der Waals surface area contributed by atoms with Gasteiger partial charge in [-0.3, -0.25) is 5.10 Å². The Bertz CT molecular complexity index is 785. The van der Waals surface area contributed by atoms with E-state index in [4.69, 9.17) is 5.73 Å². The van der Waals surface area contributed by atoms with Crippen molar-refractivity contribution >= 4 is 39.4 Å². The van der Waals surface area contributed by atoms with Crippen molar-refractivity contribution in [2.75, 3.05) is 5.73 Å². The third-order valence-corrected chi connectivity index (χ3v) is 4.62. The molecule has 4 rings (SSSR count). The maximum Gasteiger partial charge on any atom is 0.162 e. The predicted octanol–water partition coefficient (Wildman–Crippen LogP) is 2.42. The highest BCUT2D eigenvalue weighted by atomic mass is 127. The molecule has 3 aromatic rings. The summed E-state index contributed by atoms with van der Waals surface area (Å²) in [5, 5.41) is 7.89. The molecule has 100 valence electrons. The van der Waals surface area contributed by atoms with E-state index in [2.05, 4.69) is 67.0 Å². The molecule has 0 aliphatic heterocycles. The summed E-state index contributed by atoms with van der Waals surface area (Å²) in [7, 11) is 0. The number of aromatic amines is 1. The predicted molar refractivity (Wildman–Crippen MR) is 85.4 cm³/mol. The molecule has 3 N–H and O–H groups in total. The molecular formula is C14H12IN5. The van der Waals surface area contributed by atoms with Gasteiger partial charge in [0.1, 0.15) is 15.3 Å². The summed E-state index contributed by atoms with van der Waals surface area (Å²) in [5.74, 6) is 1.63. The van der Waals surface area contributed by atoms with E-state index >= 15 is 0 Å². The van der Waals surface area contributed by atoms with Gasteiger partial charge in [-0.2, -0.15) is 5.10 Å². The Morgan fingerprint density at radius 3 is 2.55 bits per heavy atom. The lowest BCUT2D eigenvalue weighted by atomic mass is 10.1. The number of nitrogens with zero attached hydrogens (tertiary/aromatic N) is 3. The summed E-state index contributed by atoms with van der Waals surface area (Å²) in [4.78, 5) is 9.11. The Morgan fingerprint density at radius 2 is 1.85 bits per heavy atom. The molecule has 1 aromatic carbocycles. The Balaban J connectivity index is 1.77. The zero-order valence-electron chi connectivity index (χ0n) is 10.6. The van der Waals surface area contributed by atoms with Crippen LogP contribution in [0.5, 0.6) is 0 Å². The maximum absolute atomic E-state index is 6.06. The molecule has 2 aromatic heterocycles. The molecule has 0 unspecified atom stereocenters. The second-order valence-electron chi connectivity index (χ2n) is 5.08. The highest BCUT2D eigenvalue weighted by molar-refractivity contribution is 14.1. The molecule has 0 atom stereocenters. The van der Waals surface area contributed by atoms with Crippen molar-refractivity contribution in [2.45, 2.75) is 18.8 Å². The molecular weight excluding hydrogens is 365 g/mol. The van der Waals surface area contributed by atoms with Crippen LogP contribution < -0.4 is 5.73 Å². The minimum atomic E-state index is 0.306. The van der Waals surface area contributed by atoms with Gasteiger partial charge >= 0.3 is 0 Å². The number of aromatic nitrogens is 4. The number of nitrogens with one attached hydrogen (secondary N) is 1. The van der Waals surface area contributed by atoms with Gasteiger partial charge < -0.3 is 5.73 Å². The van der Waals surface area contributed by atoms with E-state index in [-0.39, 0.29) is 0 Å². The van der Waals surface area contributed by atoms with E-state index in [9.17, 15) is 0 Å². The van der Waals surface area contributed by atoms with E-state index in [1.165, 1.54) is 11.1 Å². The molecule has 6 heteroatoms. The second kappa shape index (κ2) is 4.41. The minimum Gasteiger partial charge on any atom is -0.383 e. The van der Waals surface area contributed by atoms with Crippen LogP contribution in [0.25, 0.3) is 11.0 Å². The van der Waals surface area contributed by atoms with Crippen molar-refractivity contribution in [3.8, 4) is 0 Å². The van der Waals surface area contributed by atoms with Crippen molar-refractivity contribution in [3.63, 3.8) is 0 Å². The molecule has 1 aliphatic rings. The number of hydrogen-bond acceptors (Lipinski definition) is 4. The number of halogens is 1. The number of fused-ring (bicyclic) bond motifs is 2. The molecule has 0 radical (unpaired) electrons. The zero-order valence-corrected chi connectivity index (χ0v) is 12.8. The molecule has 1 aliphatic carbocycles. The van der Waals surface area contributed by atoms with Gasteiger partial charge in [0, 0.05) is 5.92 Å².